The topological polar surface area (TPSA) is 39.9 Å². The summed E-state index contributed by atoms with van der Waals surface area (Å²) in [4.78, 5) is 7.27. The summed E-state index contributed by atoms with van der Waals surface area (Å²) in [6, 6.07) is 15.0. The zero-order chi connectivity index (χ0) is 17.6. The summed E-state index contributed by atoms with van der Waals surface area (Å²) in [7, 11) is 0. The molecule has 0 aliphatic carbocycles. The van der Waals surface area contributed by atoms with Gasteiger partial charge in [-0.1, -0.05) is 44.2 Å². The standard InChI is InChI=1S/C21H25N3S/c1-16(2)9-11-25-21-18(13-22)12-19-15-24(10-8-20(19)23-21)14-17-6-4-3-5-7-17/h3-7,12,16H,8-11,14-15H2,1-2H3. The Hall–Kier alpha value is -1.83. The van der Waals surface area contributed by atoms with Crippen molar-refractivity contribution >= 4 is 11.8 Å². The maximum atomic E-state index is 9.51. The Balaban J connectivity index is 1.71. The molecule has 0 atom stereocenters. The van der Waals surface area contributed by atoms with Gasteiger partial charge in [0.05, 0.1) is 5.56 Å². The first-order valence-corrected chi connectivity index (χ1v) is 9.96. The van der Waals surface area contributed by atoms with Crippen LogP contribution in [0.1, 0.15) is 42.7 Å². The Morgan fingerprint density at radius 2 is 2.08 bits per heavy atom. The molecule has 0 N–H and O–H groups in total. The number of hydrogen-bond donors (Lipinski definition) is 0. The number of benzene rings is 1. The quantitative estimate of drug-likeness (QED) is 0.710. The van der Waals surface area contributed by atoms with Crippen LogP contribution in [0.4, 0.5) is 0 Å². The van der Waals surface area contributed by atoms with Crippen LogP contribution < -0.4 is 0 Å². The lowest BCUT2D eigenvalue weighted by Crippen LogP contribution is -2.30. The molecule has 1 aromatic carbocycles. The van der Waals surface area contributed by atoms with Crippen LogP contribution in [0.2, 0.25) is 0 Å². The number of thioether (sulfide) groups is 1. The minimum atomic E-state index is 0.683. The molecule has 0 saturated heterocycles. The van der Waals surface area contributed by atoms with Crippen LogP contribution in [0.3, 0.4) is 0 Å². The normalized spacial score (nSPS) is 14.3. The van der Waals surface area contributed by atoms with E-state index in [-0.39, 0.29) is 0 Å². The van der Waals surface area contributed by atoms with Crippen LogP contribution in [0.25, 0.3) is 0 Å². The lowest BCUT2D eigenvalue weighted by Gasteiger charge is -2.28. The molecule has 0 spiro atoms. The molecule has 130 valence electrons. The van der Waals surface area contributed by atoms with Crippen LogP contribution in [0.5, 0.6) is 0 Å². The molecule has 0 amide bonds. The number of aromatic nitrogens is 1. The molecule has 0 radical (unpaired) electrons. The van der Waals surface area contributed by atoms with Crippen LogP contribution in [-0.2, 0) is 19.5 Å². The molecule has 2 aromatic rings. The highest BCUT2D eigenvalue weighted by Crippen LogP contribution is 2.27. The highest BCUT2D eigenvalue weighted by atomic mass is 32.2. The Kier molecular flexibility index (Phi) is 6.12. The van der Waals surface area contributed by atoms with Gasteiger partial charge in [0.15, 0.2) is 0 Å². The summed E-state index contributed by atoms with van der Waals surface area (Å²) < 4.78 is 0. The van der Waals surface area contributed by atoms with E-state index < -0.39 is 0 Å². The van der Waals surface area contributed by atoms with Gasteiger partial charge in [-0.3, -0.25) is 4.90 Å². The summed E-state index contributed by atoms with van der Waals surface area (Å²) in [6.07, 6.45) is 2.12. The summed E-state index contributed by atoms with van der Waals surface area (Å²) in [5.41, 5.74) is 4.46. The van der Waals surface area contributed by atoms with Gasteiger partial charge in [-0.2, -0.15) is 5.26 Å². The molecule has 0 unspecified atom stereocenters. The minimum absolute atomic E-state index is 0.683. The fourth-order valence-electron chi connectivity index (χ4n) is 3.07. The third-order valence-electron chi connectivity index (χ3n) is 4.52. The van der Waals surface area contributed by atoms with Gasteiger partial charge >= 0.3 is 0 Å². The Bertz CT molecular complexity index is 750. The molecule has 3 nitrogen and oxygen atoms in total. The third-order valence-corrected chi connectivity index (χ3v) is 5.54. The second-order valence-electron chi connectivity index (χ2n) is 7.04. The molecule has 0 saturated carbocycles. The molecule has 0 fully saturated rings. The molecule has 3 rings (SSSR count). The van der Waals surface area contributed by atoms with Crippen molar-refractivity contribution in [1.29, 1.82) is 5.26 Å². The van der Waals surface area contributed by atoms with Gasteiger partial charge in [-0.25, -0.2) is 4.98 Å². The summed E-state index contributed by atoms with van der Waals surface area (Å²) in [6.45, 7) is 7.31. The van der Waals surface area contributed by atoms with E-state index in [0.717, 1.165) is 48.8 Å². The van der Waals surface area contributed by atoms with Crippen LogP contribution >= 0.6 is 11.8 Å². The van der Waals surface area contributed by atoms with Gasteiger partial charge < -0.3 is 0 Å². The van der Waals surface area contributed by atoms with E-state index >= 15 is 0 Å². The lowest BCUT2D eigenvalue weighted by atomic mass is 10.0. The Morgan fingerprint density at radius 1 is 1.28 bits per heavy atom. The first-order valence-electron chi connectivity index (χ1n) is 8.97. The number of fused-ring (bicyclic) bond motifs is 1. The average molecular weight is 352 g/mol. The maximum Gasteiger partial charge on any atom is 0.114 e. The second kappa shape index (κ2) is 8.51. The van der Waals surface area contributed by atoms with Crippen molar-refractivity contribution in [2.45, 2.75) is 44.8 Å². The predicted molar refractivity (Wildman–Crippen MR) is 103 cm³/mol. The number of rotatable bonds is 6. The molecule has 1 aliphatic heterocycles. The van der Waals surface area contributed by atoms with Crippen molar-refractivity contribution in [2.24, 2.45) is 5.92 Å². The summed E-state index contributed by atoms with van der Waals surface area (Å²) in [5, 5.41) is 10.4. The van der Waals surface area contributed by atoms with Gasteiger partial charge in [0, 0.05) is 31.7 Å². The smallest absolute Gasteiger partial charge is 0.114 e. The van der Waals surface area contributed by atoms with Gasteiger partial charge in [-0.05, 0) is 35.3 Å². The average Bonchev–Trinajstić information content (AvgIpc) is 2.62. The predicted octanol–water partition coefficient (Wildman–Crippen LogP) is 4.65. The van der Waals surface area contributed by atoms with Gasteiger partial charge in [0.25, 0.3) is 0 Å². The Labute approximate surface area is 155 Å². The van der Waals surface area contributed by atoms with Crippen molar-refractivity contribution in [3.8, 4) is 6.07 Å². The highest BCUT2D eigenvalue weighted by molar-refractivity contribution is 7.99. The van der Waals surface area contributed by atoms with E-state index in [0.29, 0.717) is 5.92 Å². The SMILES string of the molecule is CC(C)CCSc1nc2c(cc1C#N)CN(Cc1ccccc1)CC2. The van der Waals surface area contributed by atoms with E-state index in [1.54, 1.807) is 11.8 Å². The van der Waals surface area contributed by atoms with Gasteiger partial charge in [-0.15, -0.1) is 11.8 Å². The van der Waals surface area contributed by atoms with E-state index in [2.05, 4.69) is 61.2 Å². The van der Waals surface area contributed by atoms with E-state index in [1.807, 2.05) is 0 Å². The monoisotopic (exact) mass is 351 g/mol. The zero-order valence-electron chi connectivity index (χ0n) is 15.0. The molecule has 0 bridgehead atoms. The van der Waals surface area contributed by atoms with Crippen molar-refractivity contribution in [2.75, 3.05) is 12.3 Å². The van der Waals surface area contributed by atoms with Crippen LogP contribution in [0.15, 0.2) is 41.4 Å². The summed E-state index contributed by atoms with van der Waals surface area (Å²) >= 11 is 1.73. The molecule has 4 heteroatoms. The molecule has 25 heavy (non-hydrogen) atoms. The van der Waals surface area contributed by atoms with Crippen LogP contribution in [0, 0.1) is 17.2 Å². The Morgan fingerprint density at radius 3 is 2.80 bits per heavy atom. The number of hydrogen-bond acceptors (Lipinski definition) is 4. The third kappa shape index (κ3) is 4.84. The fourth-order valence-corrected chi connectivity index (χ4v) is 4.29. The minimum Gasteiger partial charge on any atom is -0.294 e. The molecule has 1 aliphatic rings. The van der Waals surface area contributed by atoms with Crippen molar-refractivity contribution in [3.05, 3.63) is 58.8 Å². The van der Waals surface area contributed by atoms with E-state index in [1.165, 1.54) is 16.8 Å². The van der Waals surface area contributed by atoms with E-state index in [9.17, 15) is 5.26 Å². The molecule has 2 heterocycles. The van der Waals surface area contributed by atoms with Crippen molar-refractivity contribution in [3.63, 3.8) is 0 Å². The largest absolute Gasteiger partial charge is 0.294 e. The van der Waals surface area contributed by atoms with E-state index in [4.69, 9.17) is 4.98 Å². The van der Waals surface area contributed by atoms with Crippen molar-refractivity contribution in [1.82, 2.24) is 9.88 Å². The van der Waals surface area contributed by atoms with Gasteiger partial charge in [0.2, 0.25) is 0 Å². The van der Waals surface area contributed by atoms with Crippen LogP contribution in [-0.4, -0.2) is 22.2 Å². The lowest BCUT2D eigenvalue weighted by molar-refractivity contribution is 0.243. The number of nitriles is 1. The molecule has 1 aromatic heterocycles. The maximum absolute atomic E-state index is 9.51. The number of pyridine rings is 1. The first kappa shape index (κ1) is 18.0. The zero-order valence-corrected chi connectivity index (χ0v) is 15.9. The molecular weight excluding hydrogens is 326 g/mol. The summed E-state index contributed by atoms with van der Waals surface area (Å²) in [5.74, 6) is 1.71. The molecular formula is C21H25N3S. The highest BCUT2D eigenvalue weighted by Gasteiger charge is 2.20. The fraction of sp³-hybridized carbons (Fsp3) is 0.429. The van der Waals surface area contributed by atoms with Gasteiger partial charge in [0.1, 0.15) is 11.1 Å². The number of nitrogens with zero attached hydrogens (tertiary/aromatic N) is 3. The first-order chi connectivity index (χ1) is 12.2. The second-order valence-corrected chi connectivity index (χ2v) is 8.12. The van der Waals surface area contributed by atoms with Crippen molar-refractivity contribution < 1.29 is 0 Å².